The van der Waals surface area contributed by atoms with Crippen LogP contribution in [0.15, 0.2) is 67.0 Å². The number of aromatic nitrogens is 2. The predicted octanol–water partition coefficient (Wildman–Crippen LogP) is 3.20. The van der Waals surface area contributed by atoms with Gasteiger partial charge in [0, 0.05) is 24.6 Å². The van der Waals surface area contributed by atoms with Crippen LogP contribution in [-0.2, 0) is 6.42 Å². The second-order valence-corrected chi connectivity index (χ2v) is 5.64. The van der Waals surface area contributed by atoms with Gasteiger partial charge < -0.3 is 15.4 Å². The Morgan fingerprint density at radius 2 is 1.69 bits per heavy atom. The average Bonchev–Trinajstić information content (AvgIpc) is 2.70. The molecule has 0 bridgehead atoms. The smallest absolute Gasteiger partial charge is 0.254 e. The van der Waals surface area contributed by atoms with Crippen molar-refractivity contribution in [2.24, 2.45) is 0 Å². The summed E-state index contributed by atoms with van der Waals surface area (Å²) in [5.74, 6) is 1.02. The molecule has 0 aliphatic heterocycles. The Kier molecular flexibility index (Phi) is 5.77. The monoisotopic (exact) mass is 348 g/mol. The van der Waals surface area contributed by atoms with Gasteiger partial charge in [0.15, 0.2) is 0 Å². The van der Waals surface area contributed by atoms with Crippen LogP contribution in [0.1, 0.15) is 15.9 Å². The van der Waals surface area contributed by atoms with Crippen LogP contribution in [0.5, 0.6) is 5.75 Å². The first kappa shape index (κ1) is 17.4. The van der Waals surface area contributed by atoms with Crippen molar-refractivity contribution < 1.29 is 9.53 Å². The Hall–Kier alpha value is -3.41. The molecular formula is C20H20N4O2. The number of anilines is 2. The molecule has 0 fully saturated rings. The van der Waals surface area contributed by atoms with Gasteiger partial charge in [-0.2, -0.15) is 0 Å². The fourth-order valence-corrected chi connectivity index (χ4v) is 2.38. The number of amides is 1. The summed E-state index contributed by atoms with van der Waals surface area (Å²) < 4.78 is 5.12. The van der Waals surface area contributed by atoms with Gasteiger partial charge >= 0.3 is 0 Å². The number of hydrogen-bond donors (Lipinski definition) is 2. The van der Waals surface area contributed by atoms with E-state index in [1.165, 1.54) is 18.0 Å². The lowest BCUT2D eigenvalue weighted by Gasteiger charge is -2.07. The van der Waals surface area contributed by atoms with E-state index in [4.69, 9.17) is 4.74 Å². The lowest BCUT2D eigenvalue weighted by Crippen LogP contribution is -2.26. The highest BCUT2D eigenvalue weighted by atomic mass is 16.5. The zero-order chi connectivity index (χ0) is 18.2. The van der Waals surface area contributed by atoms with Crippen molar-refractivity contribution in [1.82, 2.24) is 15.3 Å². The quantitative estimate of drug-likeness (QED) is 0.686. The number of benzene rings is 2. The first-order valence-electron chi connectivity index (χ1n) is 8.30. The van der Waals surface area contributed by atoms with E-state index in [0.717, 1.165) is 17.9 Å². The maximum absolute atomic E-state index is 12.1. The number of rotatable bonds is 7. The first-order valence-corrected chi connectivity index (χ1v) is 8.30. The summed E-state index contributed by atoms with van der Waals surface area (Å²) in [5.41, 5.74) is 2.45. The van der Waals surface area contributed by atoms with Crippen LogP contribution < -0.4 is 15.4 Å². The molecule has 2 N–H and O–H groups in total. The molecule has 0 saturated carbocycles. The van der Waals surface area contributed by atoms with E-state index >= 15 is 0 Å². The molecular weight excluding hydrogens is 328 g/mol. The third kappa shape index (κ3) is 4.80. The Bertz CT molecular complexity index is 834. The second-order valence-electron chi connectivity index (χ2n) is 5.64. The van der Waals surface area contributed by atoms with Crippen LogP contribution in [0, 0.1) is 0 Å². The minimum absolute atomic E-state index is 0.183. The van der Waals surface area contributed by atoms with Crippen molar-refractivity contribution >= 4 is 17.5 Å². The number of ether oxygens (including phenoxy) is 1. The van der Waals surface area contributed by atoms with Gasteiger partial charge in [0.05, 0.1) is 12.7 Å². The second kappa shape index (κ2) is 8.62. The van der Waals surface area contributed by atoms with Crippen LogP contribution in [0.3, 0.4) is 0 Å². The molecule has 6 nitrogen and oxygen atoms in total. The van der Waals surface area contributed by atoms with E-state index in [2.05, 4.69) is 20.6 Å². The van der Waals surface area contributed by atoms with Gasteiger partial charge in [0.1, 0.15) is 5.75 Å². The Balaban J connectivity index is 1.52. The Labute approximate surface area is 152 Å². The molecule has 0 saturated heterocycles. The molecule has 2 aromatic carbocycles. The van der Waals surface area contributed by atoms with Crippen LogP contribution in [0.4, 0.5) is 11.6 Å². The van der Waals surface area contributed by atoms with Crippen molar-refractivity contribution in [3.05, 3.63) is 78.1 Å². The average molecular weight is 348 g/mol. The third-order valence-electron chi connectivity index (χ3n) is 3.80. The lowest BCUT2D eigenvalue weighted by atomic mass is 10.1. The van der Waals surface area contributed by atoms with Crippen LogP contribution in [-0.4, -0.2) is 29.5 Å². The molecule has 0 unspecified atom stereocenters. The van der Waals surface area contributed by atoms with E-state index < -0.39 is 0 Å². The van der Waals surface area contributed by atoms with E-state index in [0.29, 0.717) is 18.1 Å². The number of carbonyl (C=O) groups excluding carboxylic acids is 1. The number of nitrogens with zero attached hydrogens (tertiary/aromatic N) is 2. The number of hydrogen-bond acceptors (Lipinski definition) is 5. The topological polar surface area (TPSA) is 76.1 Å². The first-order chi connectivity index (χ1) is 12.7. The van der Waals surface area contributed by atoms with Gasteiger partial charge in [-0.25, -0.2) is 9.97 Å². The molecule has 0 aliphatic carbocycles. The van der Waals surface area contributed by atoms with Gasteiger partial charge in [0.2, 0.25) is 5.95 Å². The van der Waals surface area contributed by atoms with Gasteiger partial charge in [-0.05, 0) is 36.2 Å². The van der Waals surface area contributed by atoms with Gasteiger partial charge in [0.25, 0.3) is 5.91 Å². The Morgan fingerprint density at radius 1 is 1.00 bits per heavy atom. The van der Waals surface area contributed by atoms with Crippen molar-refractivity contribution in [3.8, 4) is 5.75 Å². The third-order valence-corrected chi connectivity index (χ3v) is 3.80. The zero-order valence-corrected chi connectivity index (χ0v) is 14.5. The summed E-state index contributed by atoms with van der Waals surface area (Å²) in [5, 5.41) is 5.95. The number of nitrogens with one attached hydrogen (secondary N) is 2. The fraction of sp³-hybridized carbons (Fsp3) is 0.150. The molecule has 0 spiro atoms. The molecule has 0 atom stereocenters. The molecule has 6 heteroatoms. The van der Waals surface area contributed by atoms with Gasteiger partial charge in [-0.15, -0.1) is 0 Å². The van der Waals surface area contributed by atoms with E-state index in [1.54, 1.807) is 7.11 Å². The van der Waals surface area contributed by atoms with Gasteiger partial charge in [-0.1, -0.05) is 30.3 Å². The summed E-state index contributed by atoms with van der Waals surface area (Å²) in [6, 6.07) is 17.4. The van der Waals surface area contributed by atoms with E-state index in [1.807, 2.05) is 54.6 Å². The molecule has 0 aliphatic rings. The van der Waals surface area contributed by atoms with Crippen LogP contribution in [0.25, 0.3) is 0 Å². The number of methoxy groups -OCH3 is 1. The van der Waals surface area contributed by atoms with Gasteiger partial charge in [-0.3, -0.25) is 4.79 Å². The molecule has 26 heavy (non-hydrogen) atoms. The van der Waals surface area contributed by atoms with Crippen LogP contribution in [0.2, 0.25) is 0 Å². The van der Waals surface area contributed by atoms with Crippen molar-refractivity contribution in [1.29, 1.82) is 0 Å². The summed E-state index contributed by atoms with van der Waals surface area (Å²) in [6.07, 6.45) is 3.80. The molecule has 132 valence electrons. The summed E-state index contributed by atoms with van der Waals surface area (Å²) in [4.78, 5) is 20.5. The fourth-order valence-electron chi connectivity index (χ4n) is 2.38. The number of carbonyl (C=O) groups is 1. The Morgan fingerprint density at radius 3 is 2.35 bits per heavy atom. The normalized spacial score (nSPS) is 10.2. The largest absolute Gasteiger partial charge is 0.497 e. The minimum Gasteiger partial charge on any atom is -0.497 e. The van der Waals surface area contributed by atoms with E-state index in [-0.39, 0.29) is 5.91 Å². The molecule has 3 rings (SSSR count). The lowest BCUT2D eigenvalue weighted by molar-refractivity contribution is 0.0953. The highest BCUT2D eigenvalue weighted by Crippen LogP contribution is 2.17. The van der Waals surface area contributed by atoms with Crippen molar-refractivity contribution in [2.45, 2.75) is 6.42 Å². The van der Waals surface area contributed by atoms with Crippen LogP contribution >= 0.6 is 0 Å². The zero-order valence-electron chi connectivity index (χ0n) is 14.5. The van der Waals surface area contributed by atoms with Crippen molar-refractivity contribution in [2.75, 3.05) is 19.0 Å². The molecule has 1 aromatic heterocycles. The molecule has 0 radical (unpaired) electrons. The molecule has 1 amide bonds. The van der Waals surface area contributed by atoms with E-state index in [9.17, 15) is 4.79 Å². The predicted molar refractivity (Wildman–Crippen MR) is 101 cm³/mol. The summed E-state index contributed by atoms with van der Waals surface area (Å²) in [6.45, 7) is 0.564. The summed E-state index contributed by atoms with van der Waals surface area (Å²) >= 11 is 0. The van der Waals surface area contributed by atoms with Crippen molar-refractivity contribution in [3.63, 3.8) is 0 Å². The molecule has 3 aromatic rings. The maximum atomic E-state index is 12.1. The highest BCUT2D eigenvalue weighted by molar-refractivity contribution is 5.93. The summed E-state index contributed by atoms with van der Waals surface area (Å²) in [7, 11) is 1.62. The maximum Gasteiger partial charge on any atom is 0.254 e. The standard InChI is InChI=1S/C20H20N4O2/c1-26-18-9-7-17(8-10-18)24-20-22-13-16(14-23-20)19(25)21-12-11-15-5-3-2-4-6-15/h2-10,13-14H,11-12H2,1H3,(H,21,25)(H,22,23,24). The molecule has 1 heterocycles. The highest BCUT2D eigenvalue weighted by Gasteiger charge is 2.07. The SMILES string of the molecule is COc1ccc(Nc2ncc(C(=O)NCCc3ccccc3)cn2)cc1. The minimum atomic E-state index is -0.183.